The quantitative estimate of drug-likeness (QED) is 0.239. The van der Waals surface area contributed by atoms with Crippen LogP contribution in [-0.2, 0) is 25.5 Å². The van der Waals surface area contributed by atoms with Gasteiger partial charge in [0.2, 0.25) is 11.8 Å². The van der Waals surface area contributed by atoms with E-state index in [0.29, 0.717) is 0 Å². The molecule has 9 nitrogen and oxygen atoms in total. The van der Waals surface area contributed by atoms with E-state index in [1.54, 1.807) is 12.2 Å². The molecule has 1 saturated heterocycles. The van der Waals surface area contributed by atoms with Gasteiger partial charge >= 0.3 is 0 Å². The van der Waals surface area contributed by atoms with E-state index >= 15 is 0 Å². The Morgan fingerprint density at radius 1 is 1.03 bits per heavy atom. The van der Waals surface area contributed by atoms with Gasteiger partial charge in [0, 0.05) is 19.6 Å². The zero-order chi connectivity index (χ0) is 25.9. The van der Waals surface area contributed by atoms with Crippen molar-refractivity contribution in [2.24, 2.45) is 0 Å². The maximum absolute atomic E-state index is 13.2. The molecule has 0 aliphatic carbocycles. The zero-order valence-corrected chi connectivity index (χ0v) is 19.9. The summed E-state index contributed by atoms with van der Waals surface area (Å²) < 4.78 is 10.7. The summed E-state index contributed by atoms with van der Waals surface area (Å²) in [6.45, 7) is -0.531. The summed E-state index contributed by atoms with van der Waals surface area (Å²) in [7, 11) is 1.32. The Kier molecular flexibility index (Phi) is 10.3. The van der Waals surface area contributed by atoms with Crippen molar-refractivity contribution >= 4 is 17.9 Å². The Morgan fingerprint density at radius 2 is 1.69 bits per heavy atom. The summed E-state index contributed by atoms with van der Waals surface area (Å²) in [5.41, 5.74) is 1.80. The summed E-state index contributed by atoms with van der Waals surface area (Å²) in [6, 6.07) is 16.6. The molecule has 0 aromatic heterocycles. The largest absolute Gasteiger partial charge is 0.394 e. The maximum atomic E-state index is 13.2. The summed E-state index contributed by atoms with van der Waals surface area (Å²) in [4.78, 5) is 25.8. The molecule has 1 aliphatic rings. The number of benzene rings is 2. The van der Waals surface area contributed by atoms with Crippen molar-refractivity contribution in [2.45, 2.75) is 43.1 Å². The number of allylic oxidation sites excluding steroid dienone is 2. The van der Waals surface area contributed by atoms with Crippen molar-refractivity contribution in [3.8, 4) is 0 Å². The second-order valence-electron chi connectivity index (χ2n) is 8.36. The number of methoxy groups -OCH3 is 1. The van der Waals surface area contributed by atoms with Crippen LogP contribution in [0.15, 0.2) is 78.9 Å². The highest BCUT2D eigenvalue weighted by molar-refractivity contribution is 5.93. The number of carbonyl (C=O) groups is 2. The van der Waals surface area contributed by atoms with Crippen LogP contribution in [-0.4, -0.2) is 77.5 Å². The minimum Gasteiger partial charge on any atom is -0.394 e. The highest BCUT2D eigenvalue weighted by Crippen LogP contribution is 2.22. The SMILES string of the molecule is COC1OC(CO)C(O)C(O)C1NC(=O)C(Cc1ccccc1)NC(=O)C=CC=Cc1ccccc1. The van der Waals surface area contributed by atoms with Gasteiger partial charge < -0.3 is 35.4 Å². The van der Waals surface area contributed by atoms with Crippen LogP contribution >= 0.6 is 0 Å². The third kappa shape index (κ3) is 7.58. The van der Waals surface area contributed by atoms with E-state index in [4.69, 9.17) is 9.47 Å². The van der Waals surface area contributed by atoms with E-state index in [1.807, 2.05) is 66.7 Å². The van der Waals surface area contributed by atoms with Crippen LogP contribution in [0.4, 0.5) is 0 Å². The lowest BCUT2D eigenvalue weighted by Crippen LogP contribution is -2.66. The number of amides is 2. The Hall–Kier alpha value is -3.34. The average molecular weight is 497 g/mol. The van der Waals surface area contributed by atoms with Crippen LogP contribution < -0.4 is 10.6 Å². The first-order valence-corrected chi connectivity index (χ1v) is 11.6. The molecule has 0 radical (unpaired) electrons. The first-order valence-electron chi connectivity index (χ1n) is 11.6. The fourth-order valence-electron chi connectivity index (χ4n) is 3.85. The minimum atomic E-state index is -1.46. The third-order valence-corrected chi connectivity index (χ3v) is 5.78. The predicted octanol–water partition coefficient (Wildman–Crippen LogP) is 0.554. The van der Waals surface area contributed by atoms with Gasteiger partial charge in [-0.25, -0.2) is 0 Å². The molecule has 0 saturated carbocycles. The van der Waals surface area contributed by atoms with Crippen molar-refractivity contribution < 1.29 is 34.4 Å². The topological polar surface area (TPSA) is 137 Å². The van der Waals surface area contributed by atoms with Crippen molar-refractivity contribution in [1.82, 2.24) is 10.6 Å². The number of hydrogen-bond acceptors (Lipinski definition) is 7. The highest BCUT2D eigenvalue weighted by atomic mass is 16.7. The molecule has 0 spiro atoms. The van der Waals surface area contributed by atoms with E-state index in [0.717, 1.165) is 11.1 Å². The number of nitrogens with one attached hydrogen (secondary N) is 2. The molecular weight excluding hydrogens is 464 g/mol. The van der Waals surface area contributed by atoms with Gasteiger partial charge in [-0.3, -0.25) is 9.59 Å². The molecule has 6 atom stereocenters. The van der Waals surface area contributed by atoms with E-state index in [2.05, 4.69) is 10.6 Å². The first-order chi connectivity index (χ1) is 17.4. The summed E-state index contributed by atoms with van der Waals surface area (Å²) in [5, 5.41) is 35.5. The Bertz CT molecular complexity index is 1030. The van der Waals surface area contributed by atoms with Crippen molar-refractivity contribution in [1.29, 1.82) is 0 Å². The third-order valence-electron chi connectivity index (χ3n) is 5.78. The molecule has 1 heterocycles. The molecule has 1 aliphatic heterocycles. The van der Waals surface area contributed by atoms with E-state index < -0.39 is 55.1 Å². The first kappa shape index (κ1) is 27.3. The molecule has 2 amide bonds. The lowest BCUT2D eigenvalue weighted by Gasteiger charge is -2.42. The van der Waals surface area contributed by atoms with Gasteiger partial charge in [0.1, 0.15) is 30.4 Å². The van der Waals surface area contributed by atoms with Crippen molar-refractivity contribution in [3.05, 3.63) is 90.0 Å². The van der Waals surface area contributed by atoms with Gasteiger partial charge in [-0.1, -0.05) is 78.9 Å². The smallest absolute Gasteiger partial charge is 0.244 e. The molecular formula is C27H32N2O7. The maximum Gasteiger partial charge on any atom is 0.244 e. The van der Waals surface area contributed by atoms with Crippen molar-refractivity contribution in [3.63, 3.8) is 0 Å². The van der Waals surface area contributed by atoms with Gasteiger partial charge in [-0.15, -0.1) is 0 Å². The molecule has 5 N–H and O–H groups in total. The average Bonchev–Trinajstić information content (AvgIpc) is 2.90. The number of hydrogen-bond donors (Lipinski definition) is 5. The van der Waals surface area contributed by atoms with E-state index in [9.17, 15) is 24.9 Å². The number of ether oxygens (including phenoxy) is 2. The molecule has 36 heavy (non-hydrogen) atoms. The lowest BCUT2D eigenvalue weighted by atomic mass is 9.96. The van der Waals surface area contributed by atoms with E-state index in [1.165, 1.54) is 13.2 Å². The van der Waals surface area contributed by atoms with Crippen LogP contribution in [0.3, 0.4) is 0 Å². The highest BCUT2D eigenvalue weighted by Gasteiger charge is 2.45. The minimum absolute atomic E-state index is 0.190. The lowest BCUT2D eigenvalue weighted by molar-refractivity contribution is -0.262. The van der Waals surface area contributed by atoms with Gasteiger partial charge in [-0.2, -0.15) is 0 Å². The van der Waals surface area contributed by atoms with Crippen LogP contribution in [0, 0.1) is 0 Å². The molecule has 1 fully saturated rings. The van der Waals surface area contributed by atoms with Crippen LogP contribution in [0.1, 0.15) is 11.1 Å². The Morgan fingerprint density at radius 3 is 2.33 bits per heavy atom. The van der Waals surface area contributed by atoms with Gasteiger partial charge in [-0.05, 0) is 11.1 Å². The van der Waals surface area contributed by atoms with Crippen LogP contribution in [0.2, 0.25) is 0 Å². The van der Waals surface area contributed by atoms with Crippen molar-refractivity contribution in [2.75, 3.05) is 13.7 Å². The second-order valence-corrected chi connectivity index (χ2v) is 8.36. The second kappa shape index (κ2) is 13.7. The van der Waals surface area contributed by atoms with Gasteiger partial charge in [0.05, 0.1) is 6.61 Å². The molecule has 2 aromatic rings. The summed E-state index contributed by atoms with van der Waals surface area (Å²) >= 11 is 0. The number of aliphatic hydroxyl groups is 3. The number of aliphatic hydroxyl groups excluding tert-OH is 3. The van der Waals surface area contributed by atoms with Gasteiger partial charge in [0.25, 0.3) is 0 Å². The molecule has 9 heteroatoms. The molecule has 0 bridgehead atoms. The molecule has 6 unspecified atom stereocenters. The monoisotopic (exact) mass is 496 g/mol. The molecule has 3 rings (SSSR count). The standard InChI is InChI=1S/C27H32N2O7/c1-35-27-23(25(33)24(32)21(17-30)36-27)29-26(34)20(16-19-13-6-3-7-14-19)28-22(31)15-9-8-12-18-10-4-2-5-11-18/h2-15,20-21,23-25,27,30,32-33H,16-17H2,1H3,(H,28,31)(H,29,34). The normalized spacial score (nSPS) is 25.1. The molecule has 2 aromatic carbocycles. The zero-order valence-electron chi connectivity index (χ0n) is 19.9. The fourth-order valence-corrected chi connectivity index (χ4v) is 3.85. The van der Waals surface area contributed by atoms with E-state index in [-0.39, 0.29) is 6.42 Å². The van der Waals surface area contributed by atoms with Gasteiger partial charge in [0.15, 0.2) is 6.29 Å². The Balaban J connectivity index is 1.70. The number of rotatable bonds is 10. The van der Waals surface area contributed by atoms with Crippen LogP contribution in [0.25, 0.3) is 6.08 Å². The van der Waals surface area contributed by atoms with Crippen LogP contribution in [0.5, 0.6) is 0 Å². The molecule has 192 valence electrons. The fraction of sp³-hybridized carbons (Fsp3) is 0.333. The summed E-state index contributed by atoms with van der Waals surface area (Å²) in [6.07, 6.45) is 1.58. The number of carbonyl (C=O) groups excluding carboxylic acids is 2. The Labute approximate surface area is 210 Å². The summed E-state index contributed by atoms with van der Waals surface area (Å²) in [5.74, 6) is -1.07. The predicted molar refractivity (Wildman–Crippen MR) is 133 cm³/mol.